The van der Waals surface area contributed by atoms with Crippen molar-refractivity contribution in [2.75, 3.05) is 20.3 Å². The van der Waals surface area contributed by atoms with Gasteiger partial charge < -0.3 is 15.2 Å². The Morgan fingerprint density at radius 2 is 2.20 bits per heavy atom. The van der Waals surface area contributed by atoms with E-state index < -0.39 is 0 Å². The van der Waals surface area contributed by atoms with E-state index in [0.29, 0.717) is 13.2 Å². The van der Waals surface area contributed by atoms with Crippen molar-refractivity contribution in [1.29, 1.82) is 0 Å². The van der Waals surface area contributed by atoms with Gasteiger partial charge in [0.25, 0.3) is 0 Å². The third-order valence-corrected chi connectivity index (χ3v) is 1.83. The molecule has 2 atom stereocenters. The Morgan fingerprint density at radius 3 is 2.90 bits per heavy atom. The summed E-state index contributed by atoms with van der Waals surface area (Å²) >= 11 is 0. The standard InChI is InChI=1S/C7H15NO2/c1-9-7-3-2-6(8)4-10-5-7/h6-7H,2-5,8H2,1H3. The van der Waals surface area contributed by atoms with Crippen LogP contribution in [0.4, 0.5) is 0 Å². The van der Waals surface area contributed by atoms with Gasteiger partial charge in [-0.3, -0.25) is 0 Å². The van der Waals surface area contributed by atoms with Gasteiger partial charge in [0.05, 0.1) is 19.3 Å². The highest BCUT2D eigenvalue weighted by Gasteiger charge is 2.15. The first-order valence-electron chi connectivity index (χ1n) is 3.69. The quantitative estimate of drug-likeness (QED) is 0.570. The van der Waals surface area contributed by atoms with Gasteiger partial charge in [-0.25, -0.2) is 0 Å². The summed E-state index contributed by atoms with van der Waals surface area (Å²) in [5.41, 5.74) is 5.67. The van der Waals surface area contributed by atoms with Crippen molar-refractivity contribution < 1.29 is 9.47 Å². The minimum absolute atomic E-state index is 0.208. The third kappa shape index (κ3) is 2.25. The third-order valence-electron chi connectivity index (χ3n) is 1.83. The fourth-order valence-corrected chi connectivity index (χ4v) is 1.10. The van der Waals surface area contributed by atoms with Gasteiger partial charge in [0, 0.05) is 13.2 Å². The summed E-state index contributed by atoms with van der Waals surface area (Å²) in [5.74, 6) is 0. The van der Waals surface area contributed by atoms with Crippen LogP contribution >= 0.6 is 0 Å². The Labute approximate surface area is 61.5 Å². The van der Waals surface area contributed by atoms with E-state index in [9.17, 15) is 0 Å². The molecule has 0 saturated carbocycles. The fraction of sp³-hybridized carbons (Fsp3) is 1.00. The Hall–Kier alpha value is -0.120. The molecule has 0 amide bonds. The smallest absolute Gasteiger partial charge is 0.0805 e. The van der Waals surface area contributed by atoms with Gasteiger partial charge in [0.1, 0.15) is 0 Å². The number of hydrogen-bond donors (Lipinski definition) is 1. The monoisotopic (exact) mass is 145 g/mol. The topological polar surface area (TPSA) is 44.5 Å². The molecular weight excluding hydrogens is 130 g/mol. The van der Waals surface area contributed by atoms with Crippen LogP contribution in [0.25, 0.3) is 0 Å². The molecule has 10 heavy (non-hydrogen) atoms. The zero-order chi connectivity index (χ0) is 7.40. The van der Waals surface area contributed by atoms with Crippen LogP contribution in [0.3, 0.4) is 0 Å². The molecule has 0 bridgehead atoms. The molecule has 1 heterocycles. The highest BCUT2D eigenvalue weighted by Crippen LogP contribution is 2.08. The molecule has 60 valence electrons. The van der Waals surface area contributed by atoms with Gasteiger partial charge >= 0.3 is 0 Å². The van der Waals surface area contributed by atoms with Gasteiger partial charge in [-0.1, -0.05) is 0 Å². The van der Waals surface area contributed by atoms with Crippen LogP contribution < -0.4 is 5.73 Å². The van der Waals surface area contributed by atoms with Crippen LogP contribution in [0.1, 0.15) is 12.8 Å². The normalized spacial score (nSPS) is 35.4. The van der Waals surface area contributed by atoms with E-state index in [2.05, 4.69) is 0 Å². The summed E-state index contributed by atoms with van der Waals surface area (Å²) in [6.07, 6.45) is 2.30. The number of ether oxygens (including phenoxy) is 2. The second kappa shape index (κ2) is 3.91. The van der Waals surface area contributed by atoms with E-state index in [1.165, 1.54) is 0 Å². The molecule has 1 fully saturated rings. The van der Waals surface area contributed by atoms with Crippen LogP contribution in [0.5, 0.6) is 0 Å². The minimum atomic E-state index is 0.208. The number of hydrogen-bond acceptors (Lipinski definition) is 3. The van der Waals surface area contributed by atoms with E-state index in [-0.39, 0.29) is 12.1 Å². The highest BCUT2D eigenvalue weighted by atomic mass is 16.5. The summed E-state index contributed by atoms with van der Waals surface area (Å²) in [7, 11) is 1.71. The Kier molecular flexibility index (Phi) is 3.12. The molecular formula is C7H15NO2. The molecule has 0 aliphatic carbocycles. The molecule has 1 rings (SSSR count). The van der Waals surface area contributed by atoms with Crippen molar-refractivity contribution in [3.63, 3.8) is 0 Å². The fourth-order valence-electron chi connectivity index (χ4n) is 1.10. The lowest BCUT2D eigenvalue weighted by Crippen LogP contribution is -2.23. The number of nitrogens with two attached hydrogens (primary N) is 1. The van der Waals surface area contributed by atoms with Crippen LogP contribution in [0.2, 0.25) is 0 Å². The molecule has 1 saturated heterocycles. The molecule has 2 unspecified atom stereocenters. The summed E-state index contributed by atoms with van der Waals surface area (Å²) in [5, 5.41) is 0. The first-order valence-corrected chi connectivity index (χ1v) is 3.69. The maximum atomic E-state index is 5.67. The first kappa shape index (κ1) is 7.98. The van der Waals surface area contributed by atoms with Gasteiger partial charge in [-0.2, -0.15) is 0 Å². The SMILES string of the molecule is COC1CCC(N)COC1. The maximum Gasteiger partial charge on any atom is 0.0805 e. The summed E-state index contributed by atoms with van der Waals surface area (Å²) < 4.78 is 10.4. The average Bonchev–Trinajstić information content (AvgIpc) is 2.14. The van der Waals surface area contributed by atoms with E-state index in [1.54, 1.807) is 7.11 Å². The lowest BCUT2D eigenvalue weighted by Gasteiger charge is -2.09. The molecule has 1 aliphatic rings. The molecule has 0 aromatic rings. The van der Waals surface area contributed by atoms with Crippen LogP contribution in [-0.4, -0.2) is 32.5 Å². The summed E-state index contributed by atoms with van der Waals surface area (Å²) in [6, 6.07) is 0.208. The van der Waals surface area contributed by atoms with Crippen molar-refractivity contribution >= 4 is 0 Å². The number of methoxy groups -OCH3 is 1. The lowest BCUT2D eigenvalue weighted by atomic mass is 10.1. The van der Waals surface area contributed by atoms with Crippen LogP contribution in [0, 0.1) is 0 Å². The predicted molar refractivity (Wildman–Crippen MR) is 38.8 cm³/mol. The molecule has 3 heteroatoms. The van der Waals surface area contributed by atoms with Crippen LogP contribution in [-0.2, 0) is 9.47 Å². The molecule has 2 N–H and O–H groups in total. The number of rotatable bonds is 1. The Bertz CT molecular complexity index is 97.6. The first-order chi connectivity index (χ1) is 4.83. The van der Waals surface area contributed by atoms with Gasteiger partial charge in [0.2, 0.25) is 0 Å². The predicted octanol–water partition coefficient (Wildman–Crippen LogP) is 0.139. The summed E-state index contributed by atoms with van der Waals surface area (Å²) in [4.78, 5) is 0. The molecule has 0 radical (unpaired) electrons. The van der Waals surface area contributed by atoms with Crippen molar-refractivity contribution in [2.45, 2.75) is 25.0 Å². The van der Waals surface area contributed by atoms with Crippen molar-refractivity contribution in [2.24, 2.45) is 5.73 Å². The van der Waals surface area contributed by atoms with E-state index in [0.717, 1.165) is 12.8 Å². The maximum absolute atomic E-state index is 5.67. The van der Waals surface area contributed by atoms with Gasteiger partial charge in [0.15, 0.2) is 0 Å². The Balaban J connectivity index is 2.26. The molecule has 0 aromatic heterocycles. The summed E-state index contributed by atoms with van der Waals surface area (Å²) in [6.45, 7) is 1.38. The molecule has 0 aromatic carbocycles. The average molecular weight is 145 g/mol. The molecule has 1 aliphatic heterocycles. The molecule has 0 spiro atoms. The largest absolute Gasteiger partial charge is 0.379 e. The van der Waals surface area contributed by atoms with Crippen molar-refractivity contribution in [3.05, 3.63) is 0 Å². The van der Waals surface area contributed by atoms with Crippen LogP contribution in [0.15, 0.2) is 0 Å². The Morgan fingerprint density at radius 1 is 1.40 bits per heavy atom. The van der Waals surface area contributed by atoms with E-state index in [4.69, 9.17) is 15.2 Å². The minimum Gasteiger partial charge on any atom is -0.379 e. The van der Waals surface area contributed by atoms with Gasteiger partial charge in [-0.15, -0.1) is 0 Å². The van der Waals surface area contributed by atoms with Gasteiger partial charge in [-0.05, 0) is 12.8 Å². The van der Waals surface area contributed by atoms with Crippen molar-refractivity contribution in [3.8, 4) is 0 Å². The zero-order valence-corrected chi connectivity index (χ0v) is 6.38. The second-order valence-corrected chi connectivity index (χ2v) is 2.73. The van der Waals surface area contributed by atoms with Crippen molar-refractivity contribution in [1.82, 2.24) is 0 Å². The van der Waals surface area contributed by atoms with E-state index in [1.807, 2.05) is 0 Å². The zero-order valence-electron chi connectivity index (χ0n) is 6.38. The second-order valence-electron chi connectivity index (χ2n) is 2.73. The highest BCUT2D eigenvalue weighted by molar-refractivity contribution is 4.69. The molecule has 3 nitrogen and oxygen atoms in total. The lowest BCUT2D eigenvalue weighted by molar-refractivity contribution is 0.0191. The van der Waals surface area contributed by atoms with E-state index >= 15 is 0 Å².